The zero-order valence-electron chi connectivity index (χ0n) is 20.1. The third kappa shape index (κ3) is 6.72. The maximum Gasteiger partial charge on any atom is 0.355 e. The molecule has 1 aliphatic heterocycles. The number of urea groups is 1. The molecule has 1 heterocycles. The van der Waals surface area contributed by atoms with Gasteiger partial charge in [0.25, 0.3) is 0 Å². The first-order valence-electron chi connectivity index (χ1n) is 11.2. The molecule has 36 heavy (non-hydrogen) atoms. The van der Waals surface area contributed by atoms with Crippen LogP contribution in [0.3, 0.4) is 0 Å². The number of esters is 2. The maximum atomic E-state index is 12.9. The summed E-state index contributed by atoms with van der Waals surface area (Å²) in [6, 6.07) is 14.2. The van der Waals surface area contributed by atoms with E-state index in [0.29, 0.717) is 16.9 Å². The van der Waals surface area contributed by atoms with Crippen LogP contribution >= 0.6 is 0 Å². The Labute approximate surface area is 208 Å². The largest absolute Gasteiger partial charge is 0.497 e. The summed E-state index contributed by atoms with van der Waals surface area (Å²) in [7, 11) is 1.53. The third-order valence-corrected chi connectivity index (χ3v) is 5.09. The van der Waals surface area contributed by atoms with Crippen molar-refractivity contribution in [1.82, 2.24) is 16.0 Å². The van der Waals surface area contributed by atoms with E-state index < -0.39 is 36.5 Å². The molecule has 3 rings (SSSR count). The van der Waals surface area contributed by atoms with Gasteiger partial charge >= 0.3 is 18.0 Å². The third-order valence-electron chi connectivity index (χ3n) is 5.09. The van der Waals surface area contributed by atoms with Crippen molar-refractivity contribution in [1.29, 1.82) is 0 Å². The van der Waals surface area contributed by atoms with E-state index in [9.17, 15) is 19.2 Å². The summed E-state index contributed by atoms with van der Waals surface area (Å²) in [6.07, 6.45) is 1.46. The lowest BCUT2D eigenvalue weighted by atomic mass is 9.95. The highest BCUT2D eigenvalue weighted by molar-refractivity contribution is 5.98. The molecule has 1 atom stereocenters. The van der Waals surface area contributed by atoms with Crippen molar-refractivity contribution in [2.45, 2.75) is 19.9 Å². The van der Waals surface area contributed by atoms with Gasteiger partial charge in [0.05, 0.1) is 31.0 Å². The second-order valence-electron chi connectivity index (χ2n) is 7.64. The van der Waals surface area contributed by atoms with Gasteiger partial charge in [-0.25, -0.2) is 14.4 Å². The van der Waals surface area contributed by atoms with Gasteiger partial charge in [-0.15, -0.1) is 0 Å². The highest BCUT2D eigenvalue weighted by atomic mass is 16.5. The number of amides is 3. The minimum atomic E-state index is -0.855. The molecule has 0 radical (unpaired) electrons. The lowest BCUT2D eigenvalue weighted by Crippen LogP contribution is -2.47. The van der Waals surface area contributed by atoms with Gasteiger partial charge in [-0.05, 0) is 36.3 Å². The SMILES string of the molecule is CCOC(=O)C1=C(COC(=O)/C(=C/c2ccccc2)NC(C)=O)NC(=O)NC1c1ccc(OC)cc1. The van der Waals surface area contributed by atoms with Gasteiger partial charge in [0.1, 0.15) is 18.1 Å². The molecule has 0 aliphatic carbocycles. The molecule has 0 saturated carbocycles. The zero-order chi connectivity index (χ0) is 26.1. The van der Waals surface area contributed by atoms with E-state index in [0.717, 1.165) is 0 Å². The predicted molar refractivity (Wildman–Crippen MR) is 130 cm³/mol. The molecule has 188 valence electrons. The summed E-state index contributed by atoms with van der Waals surface area (Å²) < 4.78 is 15.8. The van der Waals surface area contributed by atoms with E-state index >= 15 is 0 Å². The molecule has 0 saturated heterocycles. The molecule has 2 aromatic carbocycles. The smallest absolute Gasteiger partial charge is 0.355 e. The van der Waals surface area contributed by atoms with Crippen molar-refractivity contribution in [3.05, 3.63) is 82.7 Å². The fourth-order valence-corrected chi connectivity index (χ4v) is 3.50. The number of methoxy groups -OCH3 is 1. The van der Waals surface area contributed by atoms with Gasteiger partial charge < -0.3 is 30.2 Å². The fourth-order valence-electron chi connectivity index (χ4n) is 3.50. The lowest BCUT2D eigenvalue weighted by Gasteiger charge is -2.29. The quantitative estimate of drug-likeness (QED) is 0.361. The standard InChI is InChI=1S/C26H27N3O7/c1-4-35-25(32)22-21(28-26(33)29-23(22)18-10-12-19(34-3)13-11-18)15-36-24(31)20(27-16(2)30)14-17-8-6-5-7-9-17/h5-14,23H,4,15H2,1-3H3,(H,27,30)(H2,28,29,33)/b20-14-. The molecular weight excluding hydrogens is 466 g/mol. The highest BCUT2D eigenvalue weighted by Gasteiger charge is 2.34. The molecule has 0 bridgehead atoms. The van der Waals surface area contributed by atoms with Gasteiger partial charge in [0.2, 0.25) is 5.91 Å². The van der Waals surface area contributed by atoms with Crippen LogP contribution in [0, 0.1) is 0 Å². The second-order valence-corrected chi connectivity index (χ2v) is 7.64. The predicted octanol–water partition coefficient (Wildman–Crippen LogP) is 2.59. The monoisotopic (exact) mass is 493 g/mol. The molecule has 1 unspecified atom stereocenters. The lowest BCUT2D eigenvalue weighted by molar-refractivity contribution is -0.141. The number of hydrogen-bond donors (Lipinski definition) is 3. The van der Waals surface area contributed by atoms with Gasteiger partial charge in [-0.2, -0.15) is 0 Å². The van der Waals surface area contributed by atoms with Crippen LogP contribution in [0.25, 0.3) is 6.08 Å². The van der Waals surface area contributed by atoms with Crippen molar-refractivity contribution in [3.8, 4) is 5.75 Å². The second kappa shape index (κ2) is 12.2. The average molecular weight is 494 g/mol. The van der Waals surface area contributed by atoms with Gasteiger partial charge in [-0.3, -0.25) is 4.79 Å². The number of ether oxygens (including phenoxy) is 3. The molecule has 3 N–H and O–H groups in total. The van der Waals surface area contributed by atoms with E-state index in [1.807, 2.05) is 6.07 Å². The van der Waals surface area contributed by atoms with Crippen LogP contribution in [0.4, 0.5) is 4.79 Å². The highest BCUT2D eigenvalue weighted by Crippen LogP contribution is 2.29. The molecule has 0 aromatic heterocycles. The van der Waals surface area contributed by atoms with E-state index in [4.69, 9.17) is 14.2 Å². The zero-order valence-corrected chi connectivity index (χ0v) is 20.1. The van der Waals surface area contributed by atoms with Crippen molar-refractivity contribution in [2.75, 3.05) is 20.3 Å². The van der Waals surface area contributed by atoms with Crippen molar-refractivity contribution < 1.29 is 33.4 Å². The van der Waals surface area contributed by atoms with Crippen LogP contribution in [0.2, 0.25) is 0 Å². The van der Waals surface area contributed by atoms with E-state index in [1.54, 1.807) is 55.5 Å². The molecule has 2 aromatic rings. The first-order valence-corrected chi connectivity index (χ1v) is 11.2. The Kier molecular flexibility index (Phi) is 8.82. The first kappa shape index (κ1) is 26.0. The Bertz CT molecular complexity index is 1190. The molecular formula is C26H27N3O7. The van der Waals surface area contributed by atoms with Crippen LogP contribution in [-0.2, 0) is 23.9 Å². The first-order chi connectivity index (χ1) is 17.3. The normalized spacial score (nSPS) is 15.4. The summed E-state index contributed by atoms with van der Waals surface area (Å²) in [6.45, 7) is 2.58. The molecule has 0 spiro atoms. The molecule has 10 nitrogen and oxygen atoms in total. The van der Waals surface area contributed by atoms with Crippen molar-refractivity contribution in [2.24, 2.45) is 0 Å². The number of carbonyl (C=O) groups is 4. The van der Waals surface area contributed by atoms with Gasteiger partial charge in [0, 0.05) is 6.92 Å². The van der Waals surface area contributed by atoms with Gasteiger partial charge in [0.15, 0.2) is 0 Å². The summed E-state index contributed by atoms with van der Waals surface area (Å²) in [4.78, 5) is 49.8. The van der Waals surface area contributed by atoms with Crippen molar-refractivity contribution in [3.63, 3.8) is 0 Å². The van der Waals surface area contributed by atoms with Crippen molar-refractivity contribution >= 4 is 30.0 Å². The Morgan fingerprint density at radius 2 is 1.72 bits per heavy atom. The van der Waals surface area contributed by atoms with Crippen LogP contribution < -0.4 is 20.7 Å². The summed E-state index contributed by atoms with van der Waals surface area (Å²) in [5.41, 5.74) is 1.31. The van der Waals surface area contributed by atoms with Crippen LogP contribution in [0.5, 0.6) is 5.75 Å². The number of rotatable bonds is 9. The molecule has 10 heteroatoms. The van der Waals surface area contributed by atoms with E-state index in [-0.39, 0.29) is 23.6 Å². The molecule has 3 amide bonds. The number of nitrogens with one attached hydrogen (secondary N) is 3. The fraction of sp³-hybridized carbons (Fsp3) is 0.231. The summed E-state index contributed by atoms with van der Waals surface area (Å²) >= 11 is 0. The number of carbonyl (C=O) groups excluding carboxylic acids is 4. The summed E-state index contributed by atoms with van der Waals surface area (Å²) in [5, 5.41) is 7.69. The number of benzene rings is 2. The Morgan fingerprint density at radius 3 is 2.33 bits per heavy atom. The van der Waals surface area contributed by atoms with Crippen LogP contribution in [-0.4, -0.2) is 44.2 Å². The average Bonchev–Trinajstić information content (AvgIpc) is 2.87. The van der Waals surface area contributed by atoms with E-state index in [2.05, 4.69) is 16.0 Å². The van der Waals surface area contributed by atoms with Gasteiger partial charge in [-0.1, -0.05) is 42.5 Å². The Balaban J connectivity index is 1.92. The van der Waals surface area contributed by atoms with Crippen LogP contribution in [0.15, 0.2) is 71.6 Å². The molecule has 0 fully saturated rings. The Morgan fingerprint density at radius 1 is 1.03 bits per heavy atom. The maximum absolute atomic E-state index is 12.9. The van der Waals surface area contributed by atoms with Crippen LogP contribution in [0.1, 0.15) is 31.0 Å². The van der Waals surface area contributed by atoms with E-state index in [1.165, 1.54) is 20.1 Å². The molecule has 1 aliphatic rings. The summed E-state index contributed by atoms with van der Waals surface area (Å²) in [5.74, 6) is -1.39. The minimum absolute atomic E-state index is 0.0632. The Hall–Kier alpha value is -4.60. The number of hydrogen-bond acceptors (Lipinski definition) is 7. The minimum Gasteiger partial charge on any atom is -0.497 e. The topological polar surface area (TPSA) is 132 Å².